The lowest BCUT2D eigenvalue weighted by atomic mass is 10.2. The Morgan fingerprint density at radius 3 is 2.74 bits per heavy atom. The minimum Gasteiger partial charge on any atom is -0.495 e. The van der Waals surface area contributed by atoms with Crippen molar-refractivity contribution in [2.75, 3.05) is 12.4 Å². The number of ether oxygens (including phenoxy) is 1. The molecule has 0 radical (unpaired) electrons. The first kappa shape index (κ1) is 18.1. The van der Waals surface area contributed by atoms with E-state index in [1.807, 2.05) is 30.3 Å². The molecule has 0 unspecified atom stereocenters. The maximum atomic E-state index is 12.2. The van der Waals surface area contributed by atoms with Crippen molar-refractivity contribution >= 4 is 29.7 Å². The molecule has 8 heteroatoms. The number of methoxy groups -OCH3 is 1. The lowest BCUT2D eigenvalue weighted by Crippen LogP contribution is -2.35. The molecule has 1 heterocycles. The minimum absolute atomic E-state index is 0.0859. The first-order valence-electron chi connectivity index (χ1n) is 8.31. The van der Waals surface area contributed by atoms with Crippen molar-refractivity contribution in [1.82, 2.24) is 10.7 Å². The molecule has 0 aliphatic carbocycles. The lowest BCUT2D eigenvalue weighted by molar-refractivity contribution is -0.123. The second-order valence-corrected chi connectivity index (χ2v) is 5.72. The van der Waals surface area contributed by atoms with E-state index < -0.39 is 6.04 Å². The van der Waals surface area contributed by atoms with Gasteiger partial charge in [-0.1, -0.05) is 42.5 Å². The molecule has 0 saturated carbocycles. The molecule has 2 aromatic carbocycles. The van der Waals surface area contributed by atoms with Gasteiger partial charge in [0.1, 0.15) is 11.8 Å². The zero-order valence-corrected chi connectivity index (χ0v) is 14.7. The van der Waals surface area contributed by atoms with Crippen LogP contribution in [-0.4, -0.2) is 37.1 Å². The summed E-state index contributed by atoms with van der Waals surface area (Å²) >= 11 is 0. The predicted molar refractivity (Wildman–Crippen MR) is 103 cm³/mol. The predicted octanol–water partition coefficient (Wildman–Crippen LogP) is 1.50. The Morgan fingerprint density at radius 2 is 1.96 bits per heavy atom. The highest BCUT2D eigenvalue weighted by Gasteiger charge is 2.28. The molecule has 0 spiro atoms. The van der Waals surface area contributed by atoms with Gasteiger partial charge in [-0.25, -0.2) is 10.4 Å². The number of nitrogens with one attached hydrogen (secondary N) is 3. The van der Waals surface area contributed by atoms with Gasteiger partial charge in [-0.15, -0.1) is 0 Å². The number of carbonyl (C=O) groups excluding carboxylic acids is 2. The van der Waals surface area contributed by atoms with Crippen LogP contribution < -0.4 is 20.8 Å². The molecular weight excluding hydrogens is 346 g/mol. The second kappa shape index (κ2) is 8.61. The smallest absolute Gasteiger partial charge is 0.252 e. The first-order valence-corrected chi connectivity index (χ1v) is 8.31. The average molecular weight is 365 g/mol. The van der Waals surface area contributed by atoms with E-state index in [-0.39, 0.29) is 24.2 Å². The fraction of sp³-hybridized carbons (Fsp3) is 0.158. The van der Waals surface area contributed by atoms with Crippen LogP contribution in [0.5, 0.6) is 5.75 Å². The molecule has 0 bridgehead atoms. The van der Waals surface area contributed by atoms with Gasteiger partial charge in [-0.05, 0) is 17.7 Å². The number of nitrogens with zero attached hydrogens (tertiary/aromatic N) is 2. The van der Waals surface area contributed by atoms with Crippen LogP contribution in [0.25, 0.3) is 0 Å². The van der Waals surface area contributed by atoms with Gasteiger partial charge >= 0.3 is 0 Å². The van der Waals surface area contributed by atoms with Gasteiger partial charge in [0.15, 0.2) is 0 Å². The summed E-state index contributed by atoms with van der Waals surface area (Å²) in [6, 6.07) is 15.7. The summed E-state index contributed by atoms with van der Waals surface area (Å²) in [5, 5.41) is 9.31. The van der Waals surface area contributed by atoms with Crippen LogP contribution in [0.4, 0.5) is 5.69 Å². The molecule has 1 atom stereocenters. The van der Waals surface area contributed by atoms with Gasteiger partial charge in [0.25, 0.3) is 5.91 Å². The quantitative estimate of drug-likeness (QED) is 0.533. The number of hydrazone groups is 1. The molecule has 3 rings (SSSR count). The number of aliphatic imine (C=N–C) groups is 1. The van der Waals surface area contributed by atoms with Crippen molar-refractivity contribution in [3.05, 3.63) is 60.2 Å². The maximum Gasteiger partial charge on any atom is 0.252 e. The van der Waals surface area contributed by atoms with Gasteiger partial charge < -0.3 is 10.1 Å². The van der Waals surface area contributed by atoms with E-state index in [1.54, 1.807) is 30.5 Å². The Bertz CT molecular complexity index is 880. The van der Waals surface area contributed by atoms with Crippen LogP contribution in [0.3, 0.4) is 0 Å². The van der Waals surface area contributed by atoms with Crippen LogP contribution in [0, 0.1) is 0 Å². The van der Waals surface area contributed by atoms with Gasteiger partial charge in [0.2, 0.25) is 11.9 Å². The lowest BCUT2D eigenvalue weighted by Gasteiger charge is -2.10. The zero-order chi connectivity index (χ0) is 19.1. The largest absolute Gasteiger partial charge is 0.495 e. The van der Waals surface area contributed by atoms with E-state index in [0.717, 1.165) is 5.56 Å². The van der Waals surface area contributed by atoms with E-state index >= 15 is 0 Å². The molecule has 1 aliphatic rings. The number of anilines is 1. The van der Waals surface area contributed by atoms with E-state index in [4.69, 9.17) is 4.74 Å². The molecule has 3 N–H and O–H groups in total. The van der Waals surface area contributed by atoms with E-state index in [0.29, 0.717) is 11.4 Å². The molecular formula is C19H19N5O3. The maximum absolute atomic E-state index is 12.2. The normalized spacial score (nSPS) is 16.0. The Balaban J connectivity index is 1.56. The molecule has 8 nitrogen and oxygen atoms in total. The van der Waals surface area contributed by atoms with Crippen molar-refractivity contribution in [2.24, 2.45) is 10.1 Å². The Labute approximate surface area is 156 Å². The molecule has 2 amide bonds. The molecule has 1 aliphatic heterocycles. The summed E-state index contributed by atoms with van der Waals surface area (Å²) in [5.74, 6) is 0.0603. The fourth-order valence-electron chi connectivity index (χ4n) is 2.47. The van der Waals surface area contributed by atoms with Gasteiger partial charge in [-0.2, -0.15) is 5.10 Å². The molecule has 0 fully saturated rings. The molecule has 2 aromatic rings. The summed E-state index contributed by atoms with van der Waals surface area (Å²) in [6.45, 7) is 0. The first-order chi connectivity index (χ1) is 13.2. The van der Waals surface area contributed by atoms with E-state index in [1.165, 1.54) is 7.11 Å². The summed E-state index contributed by atoms with van der Waals surface area (Å²) in [6.07, 6.45) is 1.52. The highest BCUT2D eigenvalue weighted by Crippen LogP contribution is 2.23. The number of para-hydroxylation sites is 2. The standard InChI is InChI=1S/C19H19N5O3/c1-27-16-10-6-5-9-14(16)21-17(25)11-15-18(26)23-19(22-15)24-20-12-13-7-3-2-4-8-13/h2-10,12,15H,11H2,1H3,(H,21,25)(H2,22,23,24,26)/b20-12-/t15-/m1/s1. The number of hydrogen-bond acceptors (Lipinski definition) is 6. The number of guanidine groups is 1. The van der Waals surface area contributed by atoms with Gasteiger partial charge in [0, 0.05) is 0 Å². The number of amides is 2. The monoisotopic (exact) mass is 365 g/mol. The summed E-state index contributed by atoms with van der Waals surface area (Å²) < 4.78 is 5.19. The third-order valence-corrected chi connectivity index (χ3v) is 3.77. The fourth-order valence-corrected chi connectivity index (χ4v) is 2.47. The van der Waals surface area contributed by atoms with Crippen molar-refractivity contribution < 1.29 is 14.3 Å². The summed E-state index contributed by atoms with van der Waals surface area (Å²) in [4.78, 5) is 28.4. The van der Waals surface area contributed by atoms with E-state index in [9.17, 15) is 9.59 Å². The molecule has 138 valence electrons. The van der Waals surface area contributed by atoms with Gasteiger partial charge in [0.05, 0.1) is 25.4 Å². The highest BCUT2D eigenvalue weighted by molar-refractivity contribution is 6.07. The van der Waals surface area contributed by atoms with Crippen LogP contribution in [-0.2, 0) is 9.59 Å². The third kappa shape index (κ3) is 4.91. The Hall–Kier alpha value is -3.68. The topological polar surface area (TPSA) is 104 Å². The van der Waals surface area contributed by atoms with E-state index in [2.05, 4.69) is 26.2 Å². The van der Waals surface area contributed by atoms with Crippen molar-refractivity contribution in [1.29, 1.82) is 0 Å². The Morgan fingerprint density at radius 1 is 1.22 bits per heavy atom. The zero-order valence-electron chi connectivity index (χ0n) is 14.7. The van der Waals surface area contributed by atoms with Crippen molar-refractivity contribution in [2.45, 2.75) is 12.5 Å². The molecule has 0 aromatic heterocycles. The third-order valence-electron chi connectivity index (χ3n) is 3.77. The summed E-state index contributed by atoms with van der Waals surface area (Å²) in [5.41, 5.74) is 4.11. The van der Waals surface area contributed by atoms with Crippen LogP contribution in [0.2, 0.25) is 0 Å². The average Bonchev–Trinajstić information content (AvgIpc) is 3.02. The summed E-state index contributed by atoms with van der Waals surface area (Å²) in [7, 11) is 1.52. The van der Waals surface area contributed by atoms with Crippen LogP contribution in [0.1, 0.15) is 12.0 Å². The number of hydrogen-bond donors (Lipinski definition) is 3. The second-order valence-electron chi connectivity index (χ2n) is 5.72. The van der Waals surface area contributed by atoms with Crippen LogP contribution >= 0.6 is 0 Å². The molecule has 0 saturated heterocycles. The van der Waals surface area contributed by atoms with Gasteiger partial charge in [-0.3, -0.25) is 14.9 Å². The SMILES string of the molecule is COc1ccccc1NC(=O)C[C@H]1N=C(N/N=C\c2ccccc2)NC1=O. The minimum atomic E-state index is -0.811. The van der Waals surface area contributed by atoms with Crippen molar-refractivity contribution in [3.63, 3.8) is 0 Å². The Kier molecular flexibility index (Phi) is 5.78. The van der Waals surface area contributed by atoms with Crippen LogP contribution in [0.15, 0.2) is 64.7 Å². The number of carbonyl (C=O) groups is 2. The number of rotatable bonds is 6. The highest BCUT2D eigenvalue weighted by atomic mass is 16.5. The number of benzene rings is 2. The van der Waals surface area contributed by atoms with Crippen molar-refractivity contribution in [3.8, 4) is 5.75 Å². The molecule has 27 heavy (non-hydrogen) atoms.